The Bertz CT molecular complexity index is 362. The van der Waals surface area contributed by atoms with Crippen LogP contribution in [-0.2, 0) is 20.6 Å². The van der Waals surface area contributed by atoms with Gasteiger partial charge in [0.25, 0.3) is 0 Å². The molecule has 0 radical (unpaired) electrons. The topological polar surface area (TPSA) is 72.8 Å². The zero-order valence-corrected chi connectivity index (χ0v) is 13.7. The third-order valence-electron chi connectivity index (χ3n) is 2.86. The van der Waals surface area contributed by atoms with Gasteiger partial charge in [-0.3, -0.25) is 0 Å². The number of thiazole rings is 1. The van der Waals surface area contributed by atoms with E-state index >= 15 is 0 Å². The zero-order valence-electron chi connectivity index (χ0n) is 12.8. The Morgan fingerprint density at radius 2 is 2.14 bits per heavy atom. The van der Waals surface area contributed by atoms with Gasteiger partial charge in [0, 0.05) is 31.5 Å². The number of methoxy groups -OCH3 is 1. The maximum Gasteiger partial charge on any atom is 0.0897 e. The van der Waals surface area contributed by atoms with Crippen LogP contribution in [0.25, 0.3) is 0 Å². The van der Waals surface area contributed by atoms with Gasteiger partial charge in [0.15, 0.2) is 0 Å². The summed E-state index contributed by atoms with van der Waals surface area (Å²) < 4.78 is 15.6. The van der Waals surface area contributed by atoms with E-state index in [4.69, 9.17) is 14.2 Å². The Morgan fingerprint density at radius 3 is 2.86 bits per heavy atom. The standard InChI is InChI=1S/C14H26N2O4S/c1-12-14(21-11-16-12)3-5-20-10-13(17)9-15-4-6-19-8-7-18-2/h11,13,15,17H,3-10H2,1-2H3. The lowest BCUT2D eigenvalue weighted by Crippen LogP contribution is -2.32. The summed E-state index contributed by atoms with van der Waals surface area (Å²) in [6.45, 7) is 5.99. The number of aromatic nitrogens is 1. The van der Waals surface area contributed by atoms with E-state index in [1.165, 1.54) is 4.88 Å². The quantitative estimate of drug-likeness (QED) is 0.520. The summed E-state index contributed by atoms with van der Waals surface area (Å²) in [5.41, 5.74) is 2.91. The third-order valence-corrected chi connectivity index (χ3v) is 3.86. The summed E-state index contributed by atoms with van der Waals surface area (Å²) in [7, 11) is 1.65. The fraction of sp³-hybridized carbons (Fsp3) is 0.786. The van der Waals surface area contributed by atoms with E-state index in [1.54, 1.807) is 18.4 Å². The van der Waals surface area contributed by atoms with Crippen molar-refractivity contribution in [2.75, 3.05) is 53.2 Å². The Kier molecular flexibility index (Phi) is 10.6. The molecule has 0 bridgehead atoms. The normalized spacial score (nSPS) is 12.7. The van der Waals surface area contributed by atoms with Gasteiger partial charge < -0.3 is 24.6 Å². The van der Waals surface area contributed by atoms with Crippen molar-refractivity contribution >= 4 is 11.3 Å². The number of rotatable bonds is 13. The molecule has 0 amide bonds. The van der Waals surface area contributed by atoms with Crippen molar-refractivity contribution < 1.29 is 19.3 Å². The molecule has 0 aromatic carbocycles. The average molecular weight is 318 g/mol. The molecular formula is C14H26N2O4S. The van der Waals surface area contributed by atoms with Crippen LogP contribution in [0.1, 0.15) is 10.6 Å². The lowest BCUT2D eigenvalue weighted by Gasteiger charge is -2.12. The molecule has 1 rings (SSSR count). The maximum absolute atomic E-state index is 9.74. The molecule has 1 unspecified atom stereocenters. The fourth-order valence-corrected chi connectivity index (χ4v) is 2.43. The summed E-state index contributed by atoms with van der Waals surface area (Å²) >= 11 is 1.64. The Balaban J connectivity index is 1.89. The number of aryl methyl sites for hydroxylation is 1. The molecule has 1 atom stereocenters. The van der Waals surface area contributed by atoms with Crippen molar-refractivity contribution in [1.29, 1.82) is 0 Å². The van der Waals surface area contributed by atoms with Gasteiger partial charge in [0.1, 0.15) is 0 Å². The second-order valence-electron chi connectivity index (χ2n) is 4.65. The van der Waals surface area contributed by atoms with Crippen LogP contribution in [0.2, 0.25) is 0 Å². The van der Waals surface area contributed by atoms with E-state index < -0.39 is 6.10 Å². The van der Waals surface area contributed by atoms with Gasteiger partial charge in [-0.25, -0.2) is 4.98 Å². The molecule has 2 N–H and O–H groups in total. The van der Waals surface area contributed by atoms with Gasteiger partial charge >= 0.3 is 0 Å². The second kappa shape index (κ2) is 12.0. The van der Waals surface area contributed by atoms with Crippen molar-refractivity contribution in [1.82, 2.24) is 10.3 Å². The maximum atomic E-state index is 9.74. The van der Waals surface area contributed by atoms with Crippen molar-refractivity contribution in [2.45, 2.75) is 19.4 Å². The van der Waals surface area contributed by atoms with Crippen LogP contribution in [0.3, 0.4) is 0 Å². The SMILES string of the molecule is COCCOCCNCC(O)COCCc1scnc1C. The minimum atomic E-state index is -0.494. The first-order chi connectivity index (χ1) is 10.2. The highest BCUT2D eigenvalue weighted by Gasteiger charge is 2.05. The molecule has 1 aromatic heterocycles. The Hall–Kier alpha value is -0.570. The van der Waals surface area contributed by atoms with E-state index in [0.29, 0.717) is 46.1 Å². The highest BCUT2D eigenvalue weighted by atomic mass is 32.1. The number of nitrogens with zero attached hydrogens (tertiary/aromatic N) is 1. The predicted octanol–water partition coefficient (Wildman–Crippen LogP) is 0.624. The number of aliphatic hydroxyl groups is 1. The van der Waals surface area contributed by atoms with E-state index in [9.17, 15) is 5.11 Å². The van der Waals surface area contributed by atoms with Gasteiger partial charge in [-0.15, -0.1) is 11.3 Å². The first-order valence-electron chi connectivity index (χ1n) is 7.16. The van der Waals surface area contributed by atoms with Crippen molar-refractivity contribution in [3.8, 4) is 0 Å². The molecule has 0 aliphatic carbocycles. The summed E-state index contributed by atoms with van der Waals surface area (Å²) in [4.78, 5) is 5.44. The number of hydrogen-bond acceptors (Lipinski definition) is 7. The van der Waals surface area contributed by atoms with Crippen molar-refractivity contribution in [3.05, 3.63) is 16.1 Å². The van der Waals surface area contributed by atoms with Crippen molar-refractivity contribution in [2.24, 2.45) is 0 Å². The lowest BCUT2D eigenvalue weighted by atomic mass is 10.3. The lowest BCUT2D eigenvalue weighted by molar-refractivity contribution is 0.0357. The van der Waals surface area contributed by atoms with Crippen LogP contribution in [-0.4, -0.2) is 69.4 Å². The molecule has 0 spiro atoms. The molecule has 122 valence electrons. The van der Waals surface area contributed by atoms with E-state index in [-0.39, 0.29) is 0 Å². The van der Waals surface area contributed by atoms with Crippen LogP contribution >= 0.6 is 11.3 Å². The van der Waals surface area contributed by atoms with Gasteiger partial charge in [-0.05, 0) is 6.92 Å². The van der Waals surface area contributed by atoms with Crippen molar-refractivity contribution in [3.63, 3.8) is 0 Å². The minimum Gasteiger partial charge on any atom is -0.389 e. The summed E-state index contributed by atoms with van der Waals surface area (Å²) in [5.74, 6) is 0. The molecule has 0 aliphatic heterocycles. The molecule has 1 aromatic rings. The molecule has 0 saturated carbocycles. The predicted molar refractivity (Wildman–Crippen MR) is 82.9 cm³/mol. The zero-order chi connectivity index (χ0) is 15.3. The van der Waals surface area contributed by atoms with Gasteiger partial charge in [-0.2, -0.15) is 0 Å². The second-order valence-corrected chi connectivity index (χ2v) is 5.59. The molecule has 0 fully saturated rings. The molecule has 0 saturated heterocycles. The smallest absolute Gasteiger partial charge is 0.0897 e. The molecule has 6 nitrogen and oxygen atoms in total. The van der Waals surface area contributed by atoms with Crippen LogP contribution in [0.15, 0.2) is 5.51 Å². The first kappa shape index (κ1) is 18.5. The highest BCUT2D eigenvalue weighted by molar-refractivity contribution is 7.09. The van der Waals surface area contributed by atoms with E-state index in [2.05, 4.69) is 10.3 Å². The first-order valence-corrected chi connectivity index (χ1v) is 8.04. The average Bonchev–Trinajstić information content (AvgIpc) is 2.88. The minimum absolute atomic E-state index is 0.343. The molecule has 7 heteroatoms. The van der Waals surface area contributed by atoms with E-state index in [0.717, 1.165) is 12.1 Å². The molecule has 0 aliphatic rings. The third kappa shape index (κ3) is 9.13. The number of nitrogens with one attached hydrogen (secondary N) is 1. The van der Waals surface area contributed by atoms with Crippen LogP contribution in [0, 0.1) is 6.92 Å². The molecule has 21 heavy (non-hydrogen) atoms. The van der Waals surface area contributed by atoms with Gasteiger partial charge in [0.2, 0.25) is 0 Å². The highest BCUT2D eigenvalue weighted by Crippen LogP contribution is 2.12. The van der Waals surface area contributed by atoms with Gasteiger partial charge in [0.05, 0.1) is 50.3 Å². The summed E-state index contributed by atoms with van der Waals surface area (Å²) in [5, 5.41) is 12.9. The monoisotopic (exact) mass is 318 g/mol. The van der Waals surface area contributed by atoms with E-state index in [1.807, 2.05) is 12.4 Å². The fourth-order valence-electron chi connectivity index (χ4n) is 1.67. The summed E-state index contributed by atoms with van der Waals surface area (Å²) in [6.07, 6.45) is 0.357. The molecular weight excluding hydrogens is 292 g/mol. The number of hydrogen-bond donors (Lipinski definition) is 2. The Morgan fingerprint density at radius 1 is 1.29 bits per heavy atom. The number of ether oxygens (including phenoxy) is 3. The van der Waals surface area contributed by atoms with Crippen LogP contribution in [0.4, 0.5) is 0 Å². The van der Waals surface area contributed by atoms with Gasteiger partial charge in [-0.1, -0.05) is 0 Å². The van der Waals surface area contributed by atoms with Crippen LogP contribution < -0.4 is 5.32 Å². The van der Waals surface area contributed by atoms with Crippen LogP contribution in [0.5, 0.6) is 0 Å². The molecule has 1 heterocycles. The largest absolute Gasteiger partial charge is 0.389 e. The number of aliphatic hydroxyl groups excluding tert-OH is 1. The summed E-state index contributed by atoms with van der Waals surface area (Å²) in [6, 6.07) is 0. The Labute approximate surface area is 130 Å².